The minimum atomic E-state index is -0.697. The summed E-state index contributed by atoms with van der Waals surface area (Å²) >= 11 is 0. The lowest BCUT2D eigenvalue weighted by Gasteiger charge is -2.30. The van der Waals surface area contributed by atoms with Crippen molar-refractivity contribution in [3.05, 3.63) is 71.8 Å². The zero-order valence-corrected chi connectivity index (χ0v) is 20.4. The van der Waals surface area contributed by atoms with Crippen LogP contribution >= 0.6 is 0 Å². The minimum absolute atomic E-state index is 0.143. The van der Waals surface area contributed by atoms with Gasteiger partial charge in [-0.15, -0.1) is 0 Å². The molecule has 1 heterocycles. The van der Waals surface area contributed by atoms with E-state index in [-0.39, 0.29) is 30.8 Å². The Hall–Kier alpha value is -3.87. The molecule has 4 rings (SSSR count). The van der Waals surface area contributed by atoms with Gasteiger partial charge in [-0.25, -0.2) is 0 Å². The molecule has 3 aromatic carbocycles. The third-order valence-corrected chi connectivity index (χ3v) is 6.45. The summed E-state index contributed by atoms with van der Waals surface area (Å²) in [5, 5.41) is 4.74. The molecule has 1 unspecified atom stereocenters. The topological polar surface area (TPSA) is 79.0 Å². The van der Waals surface area contributed by atoms with Crippen LogP contribution in [0.25, 0.3) is 10.8 Å². The quantitative estimate of drug-likeness (QED) is 0.449. The molecule has 0 saturated carbocycles. The van der Waals surface area contributed by atoms with Crippen molar-refractivity contribution >= 4 is 34.2 Å². The van der Waals surface area contributed by atoms with Gasteiger partial charge in [-0.1, -0.05) is 49.7 Å². The van der Waals surface area contributed by atoms with E-state index in [1.807, 2.05) is 54.6 Å². The van der Waals surface area contributed by atoms with Gasteiger partial charge in [0.25, 0.3) is 5.91 Å². The lowest BCUT2D eigenvalue weighted by Crippen LogP contribution is -2.51. The van der Waals surface area contributed by atoms with Gasteiger partial charge in [0.15, 0.2) is 0 Å². The number of hydrogen-bond donors (Lipinski definition) is 1. The van der Waals surface area contributed by atoms with E-state index in [9.17, 15) is 14.4 Å². The second-order valence-corrected chi connectivity index (χ2v) is 8.76. The number of hydrogen-bond acceptors (Lipinski definition) is 4. The fourth-order valence-electron chi connectivity index (χ4n) is 4.41. The van der Waals surface area contributed by atoms with E-state index in [0.29, 0.717) is 17.9 Å². The first kappa shape index (κ1) is 24.3. The van der Waals surface area contributed by atoms with E-state index in [1.54, 1.807) is 25.0 Å². The van der Waals surface area contributed by atoms with E-state index < -0.39 is 6.04 Å². The van der Waals surface area contributed by atoms with Gasteiger partial charge in [0, 0.05) is 24.0 Å². The molecular formula is C28H31N3O4. The van der Waals surface area contributed by atoms with Crippen molar-refractivity contribution in [2.75, 3.05) is 25.1 Å². The first-order valence-electron chi connectivity index (χ1n) is 12.0. The number of carbonyl (C=O) groups is 3. The van der Waals surface area contributed by atoms with Gasteiger partial charge in [0.1, 0.15) is 18.3 Å². The summed E-state index contributed by atoms with van der Waals surface area (Å²) in [4.78, 5) is 42.8. The van der Waals surface area contributed by atoms with Gasteiger partial charge >= 0.3 is 0 Å². The summed E-state index contributed by atoms with van der Waals surface area (Å²) in [6, 6.07) is 18.0. The van der Waals surface area contributed by atoms with E-state index >= 15 is 0 Å². The minimum Gasteiger partial charge on any atom is -0.497 e. The SMILES string of the molecule is CCCCNC(=O)C(C)N(Cc1ccc(OC)cc1)C(=O)CN1C(=O)c2cccc3cccc1c23. The van der Waals surface area contributed by atoms with Crippen LogP contribution in [-0.2, 0) is 16.1 Å². The second-order valence-electron chi connectivity index (χ2n) is 8.76. The molecule has 0 aliphatic carbocycles. The number of nitrogens with zero attached hydrogens (tertiary/aromatic N) is 2. The summed E-state index contributed by atoms with van der Waals surface area (Å²) in [5.74, 6) is 0.00988. The molecule has 3 amide bonds. The van der Waals surface area contributed by atoms with Crippen LogP contribution in [0.5, 0.6) is 5.75 Å². The average Bonchev–Trinajstić information content (AvgIpc) is 3.15. The molecule has 3 aromatic rings. The fourth-order valence-corrected chi connectivity index (χ4v) is 4.41. The molecule has 1 atom stereocenters. The molecule has 7 nitrogen and oxygen atoms in total. The van der Waals surface area contributed by atoms with Gasteiger partial charge < -0.3 is 15.0 Å². The molecule has 0 radical (unpaired) electrons. The Morgan fingerprint density at radius 2 is 1.77 bits per heavy atom. The van der Waals surface area contributed by atoms with Crippen molar-refractivity contribution in [2.45, 2.75) is 39.3 Å². The normalized spacial score (nSPS) is 13.1. The zero-order valence-electron chi connectivity index (χ0n) is 20.4. The number of methoxy groups -OCH3 is 1. The highest BCUT2D eigenvalue weighted by molar-refractivity contribution is 6.26. The third kappa shape index (κ3) is 4.99. The lowest BCUT2D eigenvalue weighted by atomic mass is 10.1. The zero-order chi connectivity index (χ0) is 24.9. The number of nitrogens with one attached hydrogen (secondary N) is 1. The molecule has 7 heteroatoms. The summed E-state index contributed by atoms with van der Waals surface area (Å²) in [5.41, 5.74) is 2.18. The van der Waals surface area contributed by atoms with Gasteiger partial charge in [-0.3, -0.25) is 19.3 Å². The summed E-state index contributed by atoms with van der Waals surface area (Å²) in [6.07, 6.45) is 1.84. The van der Waals surface area contributed by atoms with E-state index in [4.69, 9.17) is 4.74 Å². The Balaban J connectivity index is 1.58. The maximum Gasteiger partial charge on any atom is 0.259 e. The first-order chi connectivity index (χ1) is 16.9. The standard InChI is InChI=1S/C28H31N3O4/c1-4-5-16-29-27(33)19(2)30(17-20-12-14-22(35-3)15-13-20)25(32)18-31-24-11-7-9-21-8-6-10-23(26(21)24)28(31)34/h6-15,19H,4-5,16-18H2,1-3H3,(H,29,33). The van der Waals surface area contributed by atoms with Gasteiger partial charge in [-0.2, -0.15) is 0 Å². The Kier molecular flexibility index (Phi) is 7.34. The predicted octanol–water partition coefficient (Wildman–Crippen LogP) is 4.14. The van der Waals surface area contributed by atoms with Crippen molar-refractivity contribution in [3.63, 3.8) is 0 Å². The molecule has 35 heavy (non-hydrogen) atoms. The van der Waals surface area contributed by atoms with Crippen LogP contribution in [0.1, 0.15) is 42.6 Å². The molecule has 1 aliphatic heterocycles. The number of benzene rings is 3. The first-order valence-corrected chi connectivity index (χ1v) is 12.0. The van der Waals surface area contributed by atoms with E-state index in [2.05, 4.69) is 12.2 Å². The van der Waals surface area contributed by atoms with Crippen LogP contribution in [0.4, 0.5) is 5.69 Å². The number of rotatable bonds is 10. The smallest absolute Gasteiger partial charge is 0.259 e. The van der Waals surface area contributed by atoms with Crippen LogP contribution in [0.3, 0.4) is 0 Å². The number of carbonyl (C=O) groups excluding carboxylic acids is 3. The van der Waals surface area contributed by atoms with Crippen LogP contribution < -0.4 is 15.0 Å². The van der Waals surface area contributed by atoms with Crippen molar-refractivity contribution < 1.29 is 19.1 Å². The number of anilines is 1. The van der Waals surface area contributed by atoms with Crippen LogP contribution in [-0.4, -0.2) is 48.9 Å². The largest absolute Gasteiger partial charge is 0.497 e. The third-order valence-electron chi connectivity index (χ3n) is 6.45. The monoisotopic (exact) mass is 473 g/mol. The Bertz CT molecular complexity index is 1230. The van der Waals surface area contributed by atoms with Crippen molar-refractivity contribution in [2.24, 2.45) is 0 Å². The number of amides is 3. The summed E-state index contributed by atoms with van der Waals surface area (Å²) in [7, 11) is 1.60. The molecule has 0 fully saturated rings. The number of unbranched alkanes of at least 4 members (excludes halogenated alkanes) is 1. The van der Waals surface area contributed by atoms with Crippen molar-refractivity contribution in [3.8, 4) is 5.75 Å². The fraction of sp³-hybridized carbons (Fsp3) is 0.321. The molecular weight excluding hydrogens is 442 g/mol. The number of ether oxygens (including phenoxy) is 1. The van der Waals surface area contributed by atoms with Gasteiger partial charge in [0.05, 0.1) is 12.8 Å². The molecule has 0 saturated heterocycles. The van der Waals surface area contributed by atoms with Crippen LogP contribution in [0, 0.1) is 0 Å². The maximum absolute atomic E-state index is 13.6. The maximum atomic E-state index is 13.6. The lowest BCUT2D eigenvalue weighted by molar-refractivity contribution is -0.139. The van der Waals surface area contributed by atoms with Crippen molar-refractivity contribution in [1.29, 1.82) is 0 Å². The molecule has 0 aromatic heterocycles. The summed E-state index contributed by atoms with van der Waals surface area (Å²) < 4.78 is 5.23. The van der Waals surface area contributed by atoms with Crippen LogP contribution in [0.15, 0.2) is 60.7 Å². The van der Waals surface area contributed by atoms with Crippen molar-refractivity contribution in [1.82, 2.24) is 10.2 Å². The highest BCUT2D eigenvalue weighted by Gasteiger charge is 2.34. The highest BCUT2D eigenvalue weighted by Crippen LogP contribution is 2.37. The average molecular weight is 474 g/mol. The predicted molar refractivity (Wildman–Crippen MR) is 137 cm³/mol. The van der Waals surface area contributed by atoms with E-state index in [1.165, 1.54) is 4.90 Å². The Morgan fingerprint density at radius 3 is 2.46 bits per heavy atom. The molecule has 182 valence electrons. The molecule has 1 N–H and O–H groups in total. The molecule has 0 bridgehead atoms. The van der Waals surface area contributed by atoms with E-state index in [0.717, 1.165) is 34.9 Å². The molecule has 1 aliphatic rings. The molecule has 0 spiro atoms. The second kappa shape index (κ2) is 10.6. The van der Waals surface area contributed by atoms with Gasteiger partial charge in [-0.05, 0) is 48.6 Å². The van der Waals surface area contributed by atoms with Crippen LogP contribution in [0.2, 0.25) is 0 Å². The summed E-state index contributed by atoms with van der Waals surface area (Å²) in [6.45, 7) is 4.44. The Labute approximate surface area is 205 Å². The van der Waals surface area contributed by atoms with Gasteiger partial charge in [0.2, 0.25) is 11.8 Å². The Morgan fingerprint density at radius 1 is 1.06 bits per heavy atom. The highest BCUT2D eigenvalue weighted by atomic mass is 16.5.